The molecule has 0 amide bonds. The first kappa shape index (κ1) is 20.9. The van der Waals surface area contributed by atoms with Crippen molar-refractivity contribution in [3.8, 4) is 17.5 Å². The maximum atomic E-state index is 6.01. The van der Waals surface area contributed by atoms with Crippen LogP contribution in [0.1, 0.15) is 24.3 Å². The van der Waals surface area contributed by atoms with Gasteiger partial charge in [-0.15, -0.1) is 0 Å². The first-order chi connectivity index (χ1) is 15.7. The van der Waals surface area contributed by atoms with Gasteiger partial charge in [-0.2, -0.15) is 4.98 Å². The fourth-order valence-corrected chi connectivity index (χ4v) is 4.34. The topological polar surface area (TPSA) is 50.4 Å². The molecule has 3 aromatic carbocycles. The highest BCUT2D eigenvalue weighted by atomic mass is 35.5. The third-order valence-corrected chi connectivity index (χ3v) is 6.26. The number of para-hydroxylation sites is 2. The van der Waals surface area contributed by atoms with E-state index in [9.17, 15) is 0 Å². The number of benzene rings is 3. The van der Waals surface area contributed by atoms with Gasteiger partial charge in [0.1, 0.15) is 18.1 Å². The Labute approximate surface area is 192 Å². The summed E-state index contributed by atoms with van der Waals surface area (Å²) in [7, 11) is 0. The lowest BCUT2D eigenvalue weighted by Gasteiger charge is -2.32. The average Bonchev–Trinajstić information content (AvgIpc) is 3.24. The first-order valence-corrected chi connectivity index (χ1v) is 11.4. The number of fused-ring (bicyclic) bond motifs is 1. The molecule has 2 heterocycles. The summed E-state index contributed by atoms with van der Waals surface area (Å²) in [6.07, 6.45) is 2.35. The van der Waals surface area contributed by atoms with Crippen molar-refractivity contribution in [1.29, 1.82) is 0 Å². The molecule has 1 aliphatic heterocycles. The van der Waals surface area contributed by atoms with Crippen molar-refractivity contribution in [2.75, 3.05) is 26.2 Å². The van der Waals surface area contributed by atoms with Crippen LogP contribution in [0.3, 0.4) is 0 Å². The van der Waals surface area contributed by atoms with Gasteiger partial charge in [0.2, 0.25) is 0 Å². The van der Waals surface area contributed by atoms with Gasteiger partial charge in [0.15, 0.2) is 0 Å². The molecule has 5 nitrogen and oxygen atoms in total. The zero-order valence-corrected chi connectivity index (χ0v) is 18.6. The average molecular weight is 448 g/mol. The molecule has 6 heteroatoms. The molecule has 1 N–H and O–H groups in total. The van der Waals surface area contributed by atoms with Crippen molar-refractivity contribution in [2.45, 2.75) is 18.8 Å². The lowest BCUT2D eigenvalue weighted by molar-refractivity contribution is 0.173. The predicted molar refractivity (Wildman–Crippen MR) is 128 cm³/mol. The highest BCUT2D eigenvalue weighted by Gasteiger charge is 2.20. The van der Waals surface area contributed by atoms with Gasteiger partial charge in [0.25, 0.3) is 6.01 Å². The third-order valence-electron chi connectivity index (χ3n) is 6.01. The highest BCUT2D eigenvalue weighted by Crippen LogP contribution is 2.29. The van der Waals surface area contributed by atoms with Gasteiger partial charge >= 0.3 is 0 Å². The van der Waals surface area contributed by atoms with E-state index in [1.165, 1.54) is 18.4 Å². The van der Waals surface area contributed by atoms with E-state index in [1.54, 1.807) is 0 Å². The molecular weight excluding hydrogens is 422 g/mol. The van der Waals surface area contributed by atoms with Crippen LogP contribution in [-0.4, -0.2) is 41.1 Å². The van der Waals surface area contributed by atoms with Crippen LogP contribution in [0.25, 0.3) is 11.0 Å². The van der Waals surface area contributed by atoms with Crippen molar-refractivity contribution >= 4 is 22.6 Å². The van der Waals surface area contributed by atoms with Gasteiger partial charge in [-0.25, -0.2) is 0 Å². The Balaban J connectivity index is 1.06. The molecule has 0 saturated carbocycles. The number of ether oxygens (including phenoxy) is 2. The van der Waals surface area contributed by atoms with E-state index in [1.807, 2.05) is 60.7 Å². The molecule has 1 aromatic heterocycles. The van der Waals surface area contributed by atoms with Crippen molar-refractivity contribution in [2.24, 2.45) is 0 Å². The normalized spacial score (nSPS) is 15.2. The number of nitrogens with one attached hydrogen (secondary N) is 1. The fraction of sp³-hybridized carbons (Fsp3) is 0.269. The minimum atomic E-state index is 0.488. The van der Waals surface area contributed by atoms with E-state index in [0.717, 1.165) is 47.2 Å². The van der Waals surface area contributed by atoms with Gasteiger partial charge in [-0.05, 0) is 85.9 Å². The second-order valence-electron chi connectivity index (χ2n) is 8.15. The molecule has 0 bridgehead atoms. The Morgan fingerprint density at radius 3 is 2.38 bits per heavy atom. The summed E-state index contributed by atoms with van der Waals surface area (Å²) < 4.78 is 11.8. The number of aromatic nitrogens is 2. The summed E-state index contributed by atoms with van der Waals surface area (Å²) in [5.41, 5.74) is 3.24. The van der Waals surface area contributed by atoms with E-state index in [4.69, 9.17) is 21.1 Å². The molecule has 5 rings (SSSR count). The standard InChI is InChI=1S/C26H26ClN3O2/c27-21-7-5-19(6-8-21)20-13-15-30(16-14-20)17-18-31-22-9-11-23(12-10-22)32-26-28-24-3-1-2-4-25(24)29-26/h1-12,20H,13-18H2,(H,28,29). The van der Waals surface area contributed by atoms with Crippen molar-refractivity contribution in [1.82, 2.24) is 14.9 Å². The number of nitrogens with zero attached hydrogens (tertiary/aromatic N) is 2. The lowest BCUT2D eigenvalue weighted by Crippen LogP contribution is -2.35. The Hall–Kier alpha value is -3.02. The van der Waals surface area contributed by atoms with Crippen LogP contribution < -0.4 is 9.47 Å². The highest BCUT2D eigenvalue weighted by molar-refractivity contribution is 6.30. The molecule has 32 heavy (non-hydrogen) atoms. The van der Waals surface area contributed by atoms with Crippen LogP contribution in [0.2, 0.25) is 5.02 Å². The smallest absolute Gasteiger partial charge is 0.300 e. The summed E-state index contributed by atoms with van der Waals surface area (Å²) >= 11 is 6.01. The second kappa shape index (κ2) is 9.63. The van der Waals surface area contributed by atoms with Crippen molar-refractivity contribution < 1.29 is 9.47 Å². The number of H-pyrrole nitrogens is 1. The summed E-state index contributed by atoms with van der Waals surface area (Å²) in [5.74, 6) is 2.20. The molecule has 1 saturated heterocycles. The number of rotatable bonds is 7. The number of hydrogen-bond acceptors (Lipinski definition) is 4. The number of likely N-dealkylation sites (tertiary alicyclic amines) is 1. The van der Waals surface area contributed by atoms with Crippen LogP contribution in [0.15, 0.2) is 72.8 Å². The molecule has 0 radical (unpaired) electrons. The van der Waals surface area contributed by atoms with Gasteiger partial charge < -0.3 is 14.5 Å². The zero-order chi connectivity index (χ0) is 21.8. The Bertz CT molecular complexity index is 1120. The summed E-state index contributed by atoms with van der Waals surface area (Å²) in [4.78, 5) is 10.1. The van der Waals surface area contributed by atoms with Crippen molar-refractivity contribution in [3.05, 3.63) is 83.4 Å². The van der Waals surface area contributed by atoms with E-state index >= 15 is 0 Å². The van der Waals surface area contributed by atoms with Crippen LogP contribution >= 0.6 is 11.6 Å². The summed E-state index contributed by atoms with van der Waals surface area (Å²) in [6, 6.07) is 24.3. The molecule has 1 aliphatic rings. The molecule has 0 aliphatic carbocycles. The van der Waals surface area contributed by atoms with Gasteiger partial charge in [-0.1, -0.05) is 35.9 Å². The molecule has 0 unspecified atom stereocenters. The maximum Gasteiger partial charge on any atom is 0.300 e. The van der Waals surface area contributed by atoms with E-state index in [2.05, 4.69) is 27.0 Å². The Morgan fingerprint density at radius 2 is 1.62 bits per heavy atom. The fourth-order valence-electron chi connectivity index (χ4n) is 4.21. The van der Waals surface area contributed by atoms with Gasteiger partial charge in [-0.3, -0.25) is 4.90 Å². The van der Waals surface area contributed by atoms with E-state index < -0.39 is 0 Å². The summed E-state index contributed by atoms with van der Waals surface area (Å²) in [6.45, 7) is 3.81. The quantitative estimate of drug-likeness (QED) is 0.363. The number of imidazole rings is 1. The van der Waals surface area contributed by atoms with E-state index in [-0.39, 0.29) is 0 Å². The number of hydrogen-bond donors (Lipinski definition) is 1. The molecular formula is C26H26ClN3O2. The van der Waals surface area contributed by atoms with Crippen molar-refractivity contribution in [3.63, 3.8) is 0 Å². The monoisotopic (exact) mass is 447 g/mol. The first-order valence-electron chi connectivity index (χ1n) is 11.1. The molecule has 4 aromatic rings. The minimum absolute atomic E-state index is 0.488. The largest absolute Gasteiger partial charge is 0.492 e. The predicted octanol–water partition coefficient (Wildman–Crippen LogP) is 6.27. The zero-order valence-electron chi connectivity index (χ0n) is 17.8. The van der Waals surface area contributed by atoms with E-state index in [0.29, 0.717) is 18.5 Å². The SMILES string of the molecule is Clc1ccc(C2CCN(CCOc3ccc(Oc4nc5ccccc5[nH]4)cc3)CC2)cc1. The number of piperidine rings is 1. The number of aromatic amines is 1. The Kier molecular flexibility index (Phi) is 6.28. The lowest BCUT2D eigenvalue weighted by atomic mass is 9.89. The van der Waals surface area contributed by atoms with Gasteiger partial charge in [0.05, 0.1) is 11.0 Å². The van der Waals surface area contributed by atoms with Crippen LogP contribution in [0.5, 0.6) is 17.5 Å². The molecule has 1 fully saturated rings. The van der Waals surface area contributed by atoms with Gasteiger partial charge in [0, 0.05) is 11.6 Å². The maximum absolute atomic E-state index is 6.01. The number of halogens is 1. The van der Waals surface area contributed by atoms with Crippen LogP contribution in [0.4, 0.5) is 0 Å². The third kappa shape index (κ3) is 5.06. The Morgan fingerprint density at radius 1 is 0.906 bits per heavy atom. The van der Waals surface area contributed by atoms with Crippen LogP contribution in [-0.2, 0) is 0 Å². The molecule has 0 atom stereocenters. The summed E-state index contributed by atoms with van der Waals surface area (Å²) in [5, 5.41) is 0.803. The second-order valence-corrected chi connectivity index (χ2v) is 8.58. The molecule has 164 valence electrons. The molecule has 0 spiro atoms. The minimum Gasteiger partial charge on any atom is -0.492 e. The van der Waals surface area contributed by atoms with Crippen LogP contribution in [0, 0.1) is 0 Å².